The van der Waals surface area contributed by atoms with Gasteiger partial charge in [0.2, 0.25) is 5.95 Å². The Morgan fingerprint density at radius 2 is 2.00 bits per heavy atom. The molecule has 0 saturated heterocycles. The van der Waals surface area contributed by atoms with Crippen LogP contribution < -0.4 is 16.4 Å². The highest BCUT2D eigenvalue weighted by Crippen LogP contribution is 2.33. The summed E-state index contributed by atoms with van der Waals surface area (Å²) in [5.74, 6) is -0.473. The molecule has 2 aromatic heterocycles. The summed E-state index contributed by atoms with van der Waals surface area (Å²) >= 11 is 0. The first-order valence-corrected chi connectivity index (χ1v) is 6.99. The van der Waals surface area contributed by atoms with Gasteiger partial charge in [0, 0.05) is 18.9 Å². The van der Waals surface area contributed by atoms with E-state index in [0.29, 0.717) is 23.3 Å². The largest absolute Gasteiger partial charge is 0.421 e. The van der Waals surface area contributed by atoms with E-state index >= 15 is 0 Å². The number of anilines is 2. The molecule has 0 atom stereocenters. The summed E-state index contributed by atoms with van der Waals surface area (Å²) in [5, 5.41) is 14.1. The molecule has 25 heavy (non-hydrogen) atoms. The Balaban J connectivity index is 2.42. The number of alkyl halides is 3. The molecule has 0 aromatic carbocycles. The van der Waals surface area contributed by atoms with Gasteiger partial charge in [-0.15, -0.1) is 0 Å². The predicted octanol–water partition coefficient (Wildman–Crippen LogP) is 2.56. The lowest BCUT2D eigenvalue weighted by molar-refractivity contribution is -0.137. The zero-order chi connectivity index (χ0) is 18.6. The van der Waals surface area contributed by atoms with Gasteiger partial charge in [-0.25, -0.2) is 9.97 Å². The number of rotatable bonds is 4. The third-order valence-corrected chi connectivity index (χ3v) is 3.08. The highest BCUT2D eigenvalue weighted by Gasteiger charge is 2.35. The van der Waals surface area contributed by atoms with Gasteiger partial charge in [0.1, 0.15) is 23.1 Å². The number of nitrogens with zero attached hydrogens (tertiary/aromatic N) is 4. The van der Waals surface area contributed by atoms with Crippen molar-refractivity contribution in [3.8, 4) is 6.07 Å². The molecule has 0 radical (unpaired) electrons. The van der Waals surface area contributed by atoms with Crippen molar-refractivity contribution in [3.05, 3.63) is 47.0 Å². The number of hydrogen-bond donors (Lipinski definition) is 3. The Bertz CT molecular complexity index is 849. The second kappa shape index (κ2) is 7.04. The van der Waals surface area contributed by atoms with Crippen LogP contribution in [-0.2, 0) is 6.18 Å². The van der Waals surface area contributed by atoms with Gasteiger partial charge in [0.05, 0.1) is 11.4 Å². The number of aromatic nitrogens is 3. The van der Waals surface area contributed by atoms with Gasteiger partial charge in [-0.05, 0) is 19.1 Å². The van der Waals surface area contributed by atoms with E-state index in [1.54, 1.807) is 19.1 Å². The van der Waals surface area contributed by atoms with E-state index in [-0.39, 0.29) is 17.5 Å². The maximum atomic E-state index is 12.9. The van der Waals surface area contributed by atoms with Crippen LogP contribution in [0.4, 0.5) is 24.9 Å². The fourth-order valence-corrected chi connectivity index (χ4v) is 1.95. The van der Waals surface area contributed by atoms with Crippen LogP contribution in [-0.4, -0.2) is 22.0 Å². The molecule has 0 unspecified atom stereocenters. The minimum atomic E-state index is -4.58. The van der Waals surface area contributed by atoms with Gasteiger partial charge in [-0.2, -0.15) is 23.4 Å². The number of allylic oxidation sites excluding steroid dienone is 1. The summed E-state index contributed by atoms with van der Waals surface area (Å²) in [6, 6.07) is 6.62. The van der Waals surface area contributed by atoms with Crippen molar-refractivity contribution in [1.29, 1.82) is 5.26 Å². The van der Waals surface area contributed by atoms with E-state index < -0.39 is 11.7 Å². The zero-order valence-electron chi connectivity index (χ0n) is 13.3. The first-order valence-electron chi connectivity index (χ1n) is 6.99. The first-order chi connectivity index (χ1) is 11.8. The second-order valence-electron chi connectivity index (χ2n) is 4.91. The predicted molar refractivity (Wildman–Crippen MR) is 85.9 cm³/mol. The van der Waals surface area contributed by atoms with E-state index in [9.17, 15) is 13.2 Å². The van der Waals surface area contributed by atoms with Crippen LogP contribution in [0.1, 0.15) is 23.9 Å². The van der Waals surface area contributed by atoms with Crippen molar-refractivity contribution in [1.82, 2.24) is 15.0 Å². The molecular weight excluding hydrogens is 335 g/mol. The SMILES string of the molecule is CNc1nc(NC(=C(C)N)c2cccc(C#N)n2)ncc1C(F)(F)F. The summed E-state index contributed by atoms with van der Waals surface area (Å²) in [6.45, 7) is 1.58. The van der Waals surface area contributed by atoms with Crippen LogP contribution in [0, 0.1) is 11.3 Å². The van der Waals surface area contributed by atoms with E-state index in [1.165, 1.54) is 13.1 Å². The van der Waals surface area contributed by atoms with Crippen LogP contribution in [0.2, 0.25) is 0 Å². The summed E-state index contributed by atoms with van der Waals surface area (Å²) < 4.78 is 38.7. The van der Waals surface area contributed by atoms with Gasteiger partial charge in [-0.1, -0.05) is 6.07 Å². The quantitative estimate of drug-likeness (QED) is 0.777. The number of halogens is 3. The molecule has 4 N–H and O–H groups in total. The average Bonchev–Trinajstić information content (AvgIpc) is 2.58. The maximum absolute atomic E-state index is 12.9. The zero-order valence-corrected chi connectivity index (χ0v) is 13.3. The van der Waals surface area contributed by atoms with Crippen molar-refractivity contribution < 1.29 is 13.2 Å². The molecule has 0 aliphatic heterocycles. The van der Waals surface area contributed by atoms with Crippen LogP contribution in [0.3, 0.4) is 0 Å². The van der Waals surface area contributed by atoms with Crippen LogP contribution >= 0.6 is 0 Å². The Morgan fingerprint density at radius 3 is 2.56 bits per heavy atom. The van der Waals surface area contributed by atoms with E-state index in [0.717, 1.165) is 0 Å². The third-order valence-electron chi connectivity index (χ3n) is 3.08. The number of nitriles is 1. The Labute approximate surface area is 141 Å². The molecule has 0 aliphatic rings. The Kier molecular flexibility index (Phi) is 5.07. The van der Waals surface area contributed by atoms with Crippen molar-refractivity contribution in [3.63, 3.8) is 0 Å². The summed E-state index contributed by atoms with van der Waals surface area (Å²) in [5.41, 5.74) is 5.94. The van der Waals surface area contributed by atoms with Crippen molar-refractivity contribution in [2.24, 2.45) is 5.73 Å². The van der Waals surface area contributed by atoms with Crippen molar-refractivity contribution >= 4 is 17.5 Å². The Hall–Kier alpha value is -3.35. The lowest BCUT2D eigenvalue weighted by atomic mass is 10.2. The number of hydrogen-bond acceptors (Lipinski definition) is 7. The molecule has 2 heterocycles. The molecule has 10 heteroatoms. The molecule has 130 valence electrons. The maximum Gasteiger partial charge on any atom is 0.421 e. The molecule has 7 nitrogen and oxygen atoms in total. The van der Waals surface area contributed by atoms with Gasteiger partial charge in [-0.3, -0.25) is 0 Å². The summed E-state index contributed by atoms with van der Waals surface area (Å²) in [6.07, 6.45) is -3.91. The molecule has 0 spiro atoms. The smallest absolute Gasteiger partial charge is 0.401 e. The standard InChI is InChI=1S/C15H14F3N7/c1-8(20)12(11-5-3-4-9(6-19)23-11)24-14-22-7-10(15(16,17)18)13(21-2)25-14/h3-5,7H,20H2,1-2H3,(H2,21,22,24,25). The number of pyridine rings is 1. The molecule has 2 aromatic rings. The van der Waals surface area contributed by atoms with E-state index in [4.69, 9.17) is 11.0 Å². The van der Waals surface area contributed by atoms with Gasteiger partial charge >= 0.3 is 6.18 Å². The normalized spacial score (nSPS) is 12.2. The molecule has 0 bridgehead atoms. The number of nitrogens with one attached hydrogen (secondary N) is 2. The van der Waals surface area contributed by atoms with Gasteiger partial charge < -0.3 is 16.4 Å². The molecule has 0 fully saturated rings. The molecule has 0 aliphatic carbocycles. The number of nitrogens with two attached hydrogens (primary N) is 1. The van der Waals surface area contributed by atoms with Crippen LogP contribution in [0.25, 0.3) is 5.70 Å². The lowest BCUT2D eigenvalue weighted by Gasteiger charge is -2.15. The molecule has 0 amide bonds. The van der Waals surface area contributed by atoms with Gasteiger partial charge in [0.25, 0.3) is 0 Å². The van der Waals surface area contributed by atoms with Crippen molar-refractivity contribution in [2.45, 2.75) is 13.1 Å². The fourth-order valence-electron chi connectivity index (χ4n) is 1.95. The van der Waals surface area contributed by atoms with Crippen LogP contribution in [0.5, 0.6) is 0 Å². The highest BCUT2D eigenvalue weighted by atomic mass is 19.4. The lowest BCUT2D eigenvalue weighted by Crippen LogP contribution is -2.15. The van der Waals surface area contributed by atoms with Gasteiger partial charge in [0.15, 0.2) is 0 Å². The fraction of sp³-hybridized carbons (Fsp3) is 0.200. The van der Waals surface area contributed by atoms with Crippen molar-refractivity contribution in [2.75, 3.05) is 17.7 Å². The Morgan fingerprint density at radius 1 is 1.28 bits per heavy atom. The minimum absolute atomic E-state index is 0.0960. The molecule has 2 rings (SSSR count). The second-order valence-corrected chi connectivity index (χ2v) is 4.91. The monoisotopic (exact) mass is 349 g/mol. The average molecular weight is 349 g/mol. The van der Waals surface area contributed by atoms with E-state index in [2.05, 4.69) is 25.6 Å². The highest BCUT2D eigenvalue weighted by molar-refractivity contribution is 5.74. The molecule has 0 saturated carbocycles. The summed E-state index contributed by atoms with van der Waals surface area (Å²) in [7, 11) is 1.32. The topological polar surface area (TPSA) is 113 Å². The summed E-state index contributed by atoms with van der Waals surface area (Å²) in [4.78, 5) is 11.6. The van der Waals surface area contributed by atoms with E-state index in [1.807, 2.05) is 6.07 Å². The van der Waals surface area contributed by atoms with Crippen LogP contribution in [0.15, 0.2) is 30.1 Å². The first kappa shape index (κ1) is 18.0. The third kappa shape index (κ3) is 4.14. The molecular formula is C15H14F3N7. The minimum Gasteiger partial charge on any atom is -0.401 e.